The maximum absolute atomic E-state index is 6.34. The number of rotatable bonds is 26. The molecule has 83 heavy (non-hydrogen) atoms. The summed E-state index contributed by atoms with van der Waals surface area (Å²) in [4.78, 5) is 19.0. The molecule has 0 unspecified atom stereocenters. The van der Waals surface area contributed by atoms with Gasteiger partial charge in [0, 0.05) is 44.3 Å². The molecule has 2 aliphatic rings. The lowest BCUT2D eigenvalue weighted by molar-refractivity contribution is -0.870. The van der Waals surface area contributed by atoms with Crippen LogP contribution in [0.4, 0.5) is 0 Å². The third-order valence-corrected chi connectivity index (χ3v) is 14.7. The molecule has 11 nitrogen and oxygen atoms in total. The maximum Gasteiger partial charge on any atom is 0.137 e. The second-order valence-electron chi connectivity index (χ2n) is 24.5. The van der Waals surface area contributed by atoms with Crippen molar-refractivity contribution in [1.29, 1.82) is 0 Å². The number of aromatic amines is 2. The Morgan fingerprint density at radius 3 is 0.807 bits per heavy atom. The molecule has 14 heteroatoms. The van der Waals surface area contributed by atoms with Gasteiger partial charge in [-0.3, -0.25) is 0 Å². The minimum absolute atomic E-state index is 0. The first kappa shape index (κ1) is 66.9. The minimum Gasteiger partial charge on any atom is -1.00 e. The van der Waals surface area contributed by atoms with E-state index in [0.29, 0.717) is 26.4 Å². The first-order valence-corrected chi connectivity index (χ1v) is 29.0. The van der Waals surface area contributed by atoms with Crippen molar-refractivity contribution < 1.29 is 104 Å². The fraction of sp³-hybridized carbons (Fsp3) is 0.362. The molecule has 0 atom stereocenters. The number of unbranched alkanes of at least 4 members (excludes halogenated alkanes) is 7. The molecular formula is C69H86I3N7O4. The number of likely N-dealkylation sites (N-methyl/N-ethyl adjacent to an activating group) is 3. The molecule has 5 heterocycles. The molecule has 0 fully saturated rings. The van der Waals surface area contributed by atoms with Gasteiger partial charge in [0.15, 0.2) is 0 Å². The zero-order valence-corrected chi connectivity index (χ0v) is 56.9. The molecule has 0 aliphatic carbocycles. The Kier molecular flexibility index (Phi) is 24.7. The van der Waals surface area contributed by atoms with E-state index in [-0.39, 0.29) is 71.9 Å². The molecule has 442 valence electrons. The molecule has 0 saturated heterocycles. The van der Waals surface area contributed by atoms with Crippen LogP contribution in [0.15, 0.2) is 121 Å². The van der Waals surface area contributed by atoms with Gasteiger partial charge >= 0.3 is 0 Å². The monoisotopic (exact) mass is 1460 g/mol. The number of hydrogen-bond acceptors (Lipinski definition) is 6. The Bertz CT molecular complexity index is 3360. The van der Waals surface area contributed by atoms with Crippen LogP contribution in [-0.2, 0) is 0 Å². The minimum atomic E-state index is 0. The number of ether oxygens (including phenoxy) is 4. The largest absolute Gasteiger partial charge is 1.00 e. The van der Waals surface area contributed by atoms with Gasteiger partial charge in [-0.2, -0.15) is 0 Å². The lowest BCUT2D eigenvalue weighted by Crippen LogP contribution is -3.00. The van der Waals surface area contributed by atoms with E-state index in [1.54, 1.807) is 0 Å². The number of benzene rings is 4. The van der Waals surface area contributed by atoms with Crippen molar-refractivity contribution in [2.24, 2.45) is 0 Å². The SMILES string of the molecule is CCCCCCCCCCOc1ccc(-c2c3nc(c(-c4ccc(OCC[N+](C)(C)C)cc4)c4ccc([nH]4)c(-c4ccc(OCC[N+](C)(C)C)cc4)c4nc(c(-c5ccc(OCC[N+](C)(C)C)cc5)c5ccc2[nH]5)C=C4)C=C3)cc1.[I-].[I-].[I-]. The van der Waals surface area contributed by atoms with Crippen molar-refractivity contribution in [3.05, 3.63) is 144 Å². The number of quaternary nitrogens is 3. The lowest BCUT2D eigenvalue weighted by Gasteiger charge is -2.23. The number of hydrogen-bond donors (Lipinski definition) is 2. The summed E-state index contributed by atoms with van der Waals surface area (Å²) in [5, 5.41) is 0. The zero-order chi connectivity index (χ0) is 56.3. The summed E-state index contributed by atoms with van der Waals surface area (Å²) < 4.78 is 27.6. The van der Waals surface area contributed by atoms with Crippen LogP contribution in [0, 0.1) is 0 Å². The third-order valence-electron chi connectivity index (χ3n) is 14.7. The average Bonchev–Trinajstić information content (AvgIpc) is 4.46. The second kappa shape index (κ2) is 30.7. The maximum atomic E-state index is 6.34. The smallest absolute Gasteiger partial charge is 0.137 e. The molecule has 8 bridgehead atoms. The van der Waals surface area contributed by atoms with Gasteiger partial charge in [-0.1, -0.05) is 100 Å². The Balaban J connectivity index is 0.00000369. The van der Waals surface area contributed by atoms with Crippen molar-refractivity contribution in [3.63, 3.8) is 0 Å². The van der Waals surface area contributed by atoms with Crippen molar-refractivity contribution in [3.8, 4) is 67.5 Å². The van der Waals surface area contributed by atoms with Gasteiger partial charge in [0.2, 0.25) is 0 Å². The zero-order valence-electron chi connectivity index (χ0n) is 50.5. The molecular weight excluding hydrogens is 1370 g/mol. The van der Waals surface area contributed by atoms with Crippen molar-refractivity contribution in [2.45, 2.75) is 58.3 Å². The van der Waals surface area contributed by atoms with E-state index in [4.69, 9.17) is 28.9 Å². The third kappa shape index (κ3) is 18.9. The highest BCUT2D eigenvalue weighted by atomic mass is 127. The van der Waals surface area contributed by atoms with Gasteiger partial charge < -0.3 is 114 Å². The molecule has 2 aliphatic heterocycles. The normalized spacial score (nSPS) is 12.1. The highest BCUT2D eigenvalue weighted by Gasteiger charge is 2.20. The van der Waals surface area contributed by atoms with Crippen LogP contribution in [0.2, 0.25) is 0 Å². The summed E-state index contributed by atoms with van der Waals surface area (Å²) in [6.07, 6.45) is 18.7. The average molecular weight is 1460 g/mol. The van der Waals surface area contributed by atoms with Crippen LogP contribution in [-0.4, -0.2) is 143 Å². The summed E-state index contributed by atoms with van der Waals surface area (Å²) in [5.74, 6) is 3.36. The molecule has 9 rings (SSSR count). The summed E-state index contributed by atoms with van der Waals surface area (Å²) in [6.45, 7) is 7.52. The highest BCUT2D eigenvalue weighted by Crippen LogP contribution is 2.40. The predicted octanol–water partition coefficient (Wildman–Crippen LogP) is 6.11. The van der Waals surface area contributed by atoms with E-state index >= 15 is 0 Å². The Morgan fingerprint density at radius 1 is 0.313 bits per heavy atom. The number of fused-ring (bicyclic) bond motifs is 8. The Labute approximate surface area is 545 Å². The number of nitrogens with zero attached hydrogens (tertiary/aromatic N) is 5. The van der Waals surface area contributed by atoms with Crippen molar-refractivity contribution in [1.82, 2.24) is 19.9 Å². The summed E-state index contributed by atoms with van der Waals surface area (Å²) in [6, 6.07) is 42.5. The molecule has 3 aromatic heterocycles. The summed E-state index contributed by atoms with van der Waals surface area (Å²) in [7, 11) is 19.6. The molecule has 0 saturated carbocycles. The predicted molar refractivity (Wildman–Crippen MR) is 334 cm³/mol. The first-order valence-electron chi connectivity index (χ1n) is 29.0. The van der Waals surface area contributed by atoms with E-state index in [1.807, 2.05) is 0 Å². The van der Waals surface area contributed by atoms with Gasteiger partial charge in [0.25, 0.3) is 0 Å². The summed E-state index contributed by atoms with van der Waals surface area (Å²) in [5.41, 5.74) is 15.0. The molecule has 0 amide bonds. The van der Waals surface area contributed by atoms with E-state index < -0.39 is 0 Å². The fourth-order valence-corrected chi connectivity index (χ4v) is 10.0. The van der Waals surface area contributed by atoms with E-state index in [1.165, 1.54) is 44.9 Å². The van der Waals surface area contributed by atoms with Crippen LogP contribution in [0.5, 0.6) is 23.0 Å². The number of halogens is 3. The number of nitrogens with one attached hydrogen (secondary N) is 2. The van der Waals surface area contributed by atoms with Gasteiger partial charge in [0.05, 0.1) is 92.8 Å². The van der Waals surface area contributed by atoms with Crippen LogP contribution in [0.1, 0.15) is 81.1 Å². The van der Waals surface area contributed by atoms with Gasteiger partial charge in [-0.25, -0.2) is 9.97 Å². The summed E-state index contributed by atoms with van der Waals surface area (Å²) >= 11 is 0. The Hall–Kier alpha value is -5.25. The van der Waals surface area contributed by atoms with Crippen LogP contribution < -0.4 is 90.9 Å². The molecule has 0 radical (unpaired) electrons. The van der Waals surface area contributed by atoms with E-state index in [0.717, 1.165) is 152 Å². The quantitative estimate of drug-likeness (QED) is 0.0387. The number of aromatic nitrogens is 4. The van der Waals surface area contributed by atoms with Crippen LogP contribution in [0.3, 0.4) is 0 Å². The van der Waals surface area contributed by atoms with E-state index in [9.17, 15) is 0 Å². The lowest BCUT2D eigenvalue weighted by atomic mass is 10.0. The second-order valence-corrected chi connectivity index (χ2v) is 24.5. The van der Waals surface area contributed by atoms with Crippen molar-refractivity contribution >= 4 is 46.4 Å². The van der Waals surface area contributed by atoms with Gasteiger partial charge in [0.1, 0.15) is 62.5 Å². The number of H-pyrrole nitrogens is 2. The van der Waals surface area contributed by atoms with Crippen LogP contribution >= 0.6 is 0 Å². The van der Waals surface area contributed by atoms with E-state index in [2.05, 4.69) is 226 Å². The van der Waals surface area contributed by atoms with Gasteiger partial charge in [-0.15, -0.1) is 0 Å². The standard InChI is InChI=1S/C69H86N7O4.3HI/c1-11-12-13-14-15-16-17-18-46-77-54-27-19-50(20-28-54)66-58-35-37-60(70-58)67(51-21-29-55(30-22-51)78-47-43-74(2,3)4)62-39-41-64(72-62)69(53-25-33-57(34-26-53)80-49-45-76(8,9)10)65-42-40-63(73-65)68(61-38-36-59(66)71-61)52-23-31-56(32-24-52)79-48-44-75(5,6)7;;;/h19-42,70,73H,11-18,43-49H2,1-10H3;3*1H/q+3;;;/p-3. The molecule has 4 aromatic carbocycles. The highest BCUT2D eigenvalue weighted by molar-refractivity contribution is 6.00. The van der Waals surface area contributed by atoms with Crippen molar-refractivity contribution in [2.75, 3.05) is 109 Å². The van der Waals surface area contributed by atoms with Gasteiger partial charge in [-0.05, 0) is 126 Å². The topological polar surface area (TPSA) is 94.3 Å². The molecule has 7 aromatic rings. The molecule has 0 spiro atoms. The Morgan fingerprint density at radius 2 is 0.554 bits per heavy atom. The fourth-order valence-electron chi connectivity index (χ4n) is 10.0. The van der Waals surface area contributed by atoms with Crippen LogP contribution in [0.25, 0.3) is 90.9 Å². The molecule has 2 N–H and O–H groups in total. The first-order chi connectivity index (χ1) is 38.5.